The van der Waals surface area contributed by atoms with E-state index in [0.29, 0.717) is 4.77 Å². The number of methoxy groups -OCH3 is 1. The maximum Gasteiger partial charge on any atom is 0.199 e. The molecule has 0 radical (unpaired) electrons. The smallest absolute Gasteiger partial charge is 0.199 e. The SMILES string of the molecule is COc1ccc(Nc2nc(=S)[nH]c3c2CNC3)cc1. The van der Waals surface area contributed by atoms with E-state index in [1.54, 1.807) is 7.11 Å². The van der Waals surface area contributed by atoms with E-state index in [4.69, 9.17) is 17.0 Å². The molecule has 1 aromatic heterocycles. The number of aromatic amines is 1. The first-order chi connectivity index (χ1) is 9.26. The van der Waals surface area contributed by atoms with Gasteiger partial charge in [0, 0.05) is 30.0 Å². The van der Waals surface area contributed by atoms with Crippen LogP contribution in [-0.2, 0) is 13.1 Å². The number of hydrogen-bond acceptors (Lipinski definition) is 5. The number of fused-ring (bicyclic) bond motifs is 1. The Bertz CT molecular complexity index is 651. The molecule has 0 spiro atoms. The summed E-state index contributed by atoms with van der Waals surface area (Å²) in [6, 6.07) is 7.72. The van der Waals surface area contributed by atoms with Crippen LogP contribution in [0, 0.1) is 4.77 Å². The van der Waals surface area contributed by atoms with Crippen molar-refractivity contribution in [1.29, 1.82) is 0 Å². The van der Waals surface area contributed by atoms with Crippen molar-refractivity contribution in [2.24, 2.45) is 0 Å². The molecular formula is C13H14N4OS. The van der Waals surface area contributed by atoms with Gasteiger partial charge in [0.15, 0.2) is 4.77 Å². The lowest BCUT2D eigenvalue weighted by atomic mass is 10.2. The largest absolute Gasteiger partial charge is 0.497 e. The van der Waals surface area contributed by atoms with Gasteiger partial charge in [0.1, 0.15) is 11.6 Å². The molecule has 0 aliphatic carbocycles. The molecule has 0 saturated heterocycles. The minimum atomic E-state index is 0.499. The maximum atomic E-state index is 5.14. The van der Waals surface area contributed by atoms with Crippen molar-refractivity contribution in [2.45, 2.75) is 13.1 Å². The van der Waals surface area contributed by atoms with Crippen LogP contribution in [0.15, 0.2) is 24.3 Å². The van der Waals surface area contributed by atoms with Gasteiger partial charge in [-0.1, -0.05) is 0 Å². The molecule has 0 bridgehead atoms. The molecule has 2 aromatic rings. The highest BCUT2D eigenvalue weighted by Gasteiger charge is 2.16. The van der Waals surface area contributed by atoms with E-state index in [0.717, 1.165) is 41.6 Å². The van der Waals surface area contributed by atoms with Gasteiger partial charge in [0.25, 0.3) is 0 Å². The fourth-order valence-electron chi connectivity index (χ4n) is 2.11. The predicted octanol–water partition coefficient (Wildman–Crippen LogP) is 2.49. The zero-order chi connectivity index (χ0) is 13.2. The lowest BCUT2D eigenvalue weighted by Gasteiger charge is -2.10. The first-order valence-electron chi connectivity index (χ1n) is 6.00. The Kier molecular flexibility index (Phi) is 3.18. The minimum Gasteiger partial charge on any atom is -0.497 e. The monoisotopic (exact) mass is 274 g/mol. The van der Waals surface area contributed by atoms with Gasteiger partial charge in [-0.3, -0.25) is 0 Å². The van der Waals surface area contributed by atoms with Gasteiger partial charge in [-0.25, -0.2) is 4.98 Å². The second kappa shape index (κ2) is 4.99. The molecular weight excluding hydrogens is 260 g/mol. The Hall–Kier alpha value is -1.92. The van der Waals surface area contributed by atoms with E-state index in [9.17, 15) is 0 Å². The first-order valence-corrected chi connectivity index (χ1v) is 6.41. The van der Waals surface area contributed by atoms with Crippen LogP contribution in [0.25, 0.3) is 0 Å². The average molecular weight is 274 g/mol. The normalized spacial score (nSPS) is 13.1. The number of hydrogen-bond donors (Lipinski definition) is 3. The van der Waals surface area contributed by atoms with Crippen molar-refractivity contribution in [3.63, 3.8) is 0 Å². The number of nitrogens with zero attached hydrogens (tertiary/aromatic N) is 1. The Balaban J connectivity index is 1.92. The van der Waals surface area contributed by atoms with Gasteiger partial charge in [0.05, 0.1) is 7.11 Å². The summed E-state index contributed by atoms with van der Waals surface area (Å²) in [6.07, 6.45) is 0. The summed E-state index contributed by atoms with van der Waals surface area (Å²) < 4.78 is 5.64. The van der Waals surface area contributed by atoms with Crippen molar-refractivity contribution in [1.82, 2.24) is 15.3 Å². The number of anilines is 2. The summed E-state index contributed by atoms with van der Waals surface area (Å²) in [6.45, 7) is 1.60. The van der Waals surface area contributed by atoms with Gasteiger partial charge < -0.3 is 20.4 Å². The van der Waals surface area contributed by atoms with E-state index in [1.807, 2.05) is 24.3 Å². The van der Waals surface area contributed by atoms with Crippen molar-refractivity contribution in [2.75, 3.05) is 12.4 Å². The number of benzene rings is 1. The van der Waals surface area contributed by atoms with Crippen LogP contribution in [0.2, 0.25) is 0 Å². The van der Waals surface area contributed by atoms with Crippen LogP contribution in [0.5, 0.6) is 5.75 Å². The third-order valence-electron chi connectivity index (χ3n) is 3.08. The molecule has 1 aromatic carbocycles. The zero-order valence-electron chi connectivity index (χ0n) is 10.5. The molecule has 0 unspecified atom stereocenters. The molecule has 3 N–H and O–H groups in total. The van der Waals surface area contributed by atoms with E-state index in [-0.39, 0.29) is 0 Å². The van der Waals surface area contributed by atoms with Gasteiger partial charge in [-0.15, -0.1) is 0 Å². The van der Waals surface area contributed by atoms with Crippen LogP contribution in [0.4, 0.5) is 11.5 Å². The molecule has 5 nitrogen and oxygen atoms in total. The number of ether oxygens (including phenoxy) is 1. The van der Waals surface area contributed by atoms with Gasteiger partial charge >= 0.3 is 0 Å². The minimum absolute atomic E-state index is 0.499. The number of H-pyrrole nitrogens is 1. The molecule has 2 heterocycles. The fraction of sp³-hybridized carbons (Fsp3) is 0.231. The van der Waals surface area contributed by atoms with Crippen LogP contribution in [0.1, 0.15) is 11.3 Å². The lowest BCUT2D eigenvalue weighted by molar-refractivity contribution is 0.415. The van der Waals surface area contributed by atoms with Gasteiger partial charge in [0.2, 0.25) is 0 Å². The molecule has 1 aliphatic rings. The highest BCUT2D eigenvalue weighted by molar-refractivity contribution is 7.71. The molecule has 0 atom stereocenters. The molecule has 0 amide bonds. The highest BCUT2D eigenvalue weighted by atomic mass is 32.1. The summed E-state index contributed by atoms with van der Waals surface area (Å²) in [5.41, 5.74) is 3.21. The summed E-state index contributed by atoms with van der Waals surface area (Å²) in [4.78, 5) is 7.47. The maximum absolute atomic E-state index is 5.14. The quantitative estimate of drug-likeness (QED) is 0.751. The predicted molar refractivity (Wildman–Crippen MR) is 76.2 cm³/mol. The molecule has 0 saturated carbocycles. The Labute approximate surface area is 116 Å². The highest BCUT2D eigenvalue weighted by Crippen LogP contribution is 2.24. The molecule has 6 heteroatoms. The van der Waals surface area contributed by atoms with Gasteiger partial charge in [-0.2, -0.15) is 0 Å². The Morgan fingerprint density at radius 2 is 2.05 bits per heavy atom. The van der Waals surface area contributed by atoms with Crippen molar-refractivity contribution < 1.29 is 4.74 Å². The van der Waals surface area contributed by atoms with Crippen LogP contribution in [-0.4, -0.2) is 17.1 Å². The van der Waals surface area contributed by atoms with Crippen LogP contribution >= 0.6 is 12.2 Å². The lowest BCUT2D eigenvalue weighted by Crippen LogP contribution is -2.02. The second-order valence-corrected chi connectivity index (χ2v) is 4.69. The average Bonchev–Trinajstić information content (AvgIpc) is 2.88. The molecule has 0 fully saturated rings. The van der Waals surface area contributed by atoms with Crippen LogP contribution in [0.3, 0.4) is 0 Å². The zero-order valence-corrected chi connectivity index (χ0v) is 11.3. The first kappa shape index (κ1) is 12.1. The summed E-state index contributed by atoms with van der Waals surface area (Å²) in [7, 11) is 1.65. The molecule has 1 aliphatic heterocycles. The third-order valence-corrected chi connectivity index (χ3v) is 3.27. The van der Waals surface area contributed by atoms with Crippen molar-refractivity contribution >= 4 is 23.7 Å². The Morgan fingerprint density at radius 3 is 2.79 bits per heavy atom. The summed E-state index contributed by atoms with van der Waals surface area (Å²) >= 11 is 5.14. The molecule has 19 heavy (non-hydrogen) atoms. The fourth-order valence-corrected chi connectivity index (χ4v) is 2.33. The topological polar surface area (TPSA) is 62.0 Å². The third kappa shape index (κ3) is 2.45. The standard InChI is InChI=1S/C13H14N4OS/c1-18-9-4-2-8(3-5-9)15-12-10-6-14-7-11(10)16-13(19)17-12/h2-5,14H,6-7H2,1H3,(H2,15,16,17,19). The van der Waals surface area contributed by atoms with E-state index in [2.05, 4.69) is 20.6 Å². The van der Waals surface area contributed by atoms with E-state index < -0.39 is 0 Å². The number of nitrogens with one attached hydrogen (secondary N) is 3. The summed E-state index contributed by atoms with van der Waals surface area (Å²) in [5.74, 6) is 1.64. The number of aromatic nitrogens is 2. The van der Waals surface area contributed by atoms with E-state index in [1.165, 1.54) is 0 Å². The van der Waals surface area contributed by atoms with Crippen molar-refractivity contribution in [3.8, 4) is 5.75 Å². The van der Waals surface area contributed by atoms with Crippen LogP contribution < -0.4 is 15.4 Å². The molecule has 3 rings (SSSR count). The summed E-state index contributed by atoms with van der Waals surface area (Å²) in [5, 5.41) is 6.58. The number of rotatable bonds is 3. The van der Waals surface area contributed by atoms with E-state index >= 15 is 0 Å². The van der Waals surface area contributed by atoms with Gasteiger partial charge in [-0.05, 0) is 36.5 Å². The van der Waals surface area contributed by atoms with Crippen molar-refractivity contribution in [3.05, 3.63) is 40.3 Å². The molecule has 98 valence electrons. The second-order valence-electron chi connectivity index (χ2n) is 4.30. The Morgan fingerprint density at radius 1 is 1.26 bits per heavy atom.